The van der Waals surface area contributed by atoms with Crippen LogP contribution in [-0.4, -0.2) is 98.9 Å². The summed E-state index contributed by atoms with van der Waals surface area (Å²) in [6.07, 6.45) is 0. The maximum Gasteiger partial charge on any atom is 0.485 e. The van der Waals surface area contributed by atoms with Gasteiger partial charge in [0.05, 0.1) is 0 Å². The van der Waals surface area contributed by atoms with E-state index in [1.807, 2.05) is 55.4 Å². The third-order valence-electron chi connectivity index (χ3n) is 7.82. The van der Waals surface area contributed by atoms with Crippen molar-refractivity contribution in [3.8, 4) is 0 Å². The van der Waals surface area contributed by atoms with Crippen molar-refractivity contribution in [3.63, 3.8) is 0 Å². The number of hydrogen-bond donors (Lipinski definition) is 0. The molecular formula is C20H52O14Si8. The third kappa shape index (κ3) is 7.04. The van der Waals surface area contributed by atoms with Gasteiger partial charge in [0.2, 0.25) is 0 Å². The number of fused-ring (bicyclic) bond motifs is 4. The smallest absolute Gasteiger partial charge is 0.378 e. The van der Waals surface area contributed by atoms with Crippen molar-refractivity contribution in [1.82, 2.24) is 0 Å². The van der Waals surface area contributed by atoms with Gasteiger partial charge in [-0.2, -0.15) is 0 Å². The minimum absolute atomic E-state index is 0.368. The third-order valence-corrected chi connectivity index (χ3v) is 42.1. The fourth-order valence-corrected chi connectivity index (χ4v) is 48.0. The molecule has 0 aliphatic carbocycles. The van der Waals surface area contributed by atoms with Crippen LogP contribution >= 0.6 is 0 Å². The number of rotatable bonds is 12. The topological polar surface area (TPSA) is 129 Å². The molecule has 3 heterocycles. The van der Waals surface area contributed by atoms with E-state index >= 15 is 0 Å². The molecule has 3 fully saturated rings. The van der Waals surface area contributed by atoms with Crippen molar-refractivity contribution < 1.29 is 58.9 Å². The second-order valence-corrected chi connectivity index (χ2v) is 36.5. The summed E-state index contributed by atoms with van der Waals surface area (Å²) in [6.45, 7) is 15.6. The van der Waals surface area contributed by atoms with Gasteiger partial charge in [0, 0.05) is 76.8 Å². The van der Waals surface area contributed by atoms with Gasteiger partial charge >= 0.3 is 70.4 Å². The minimum atomic E-state index is -3.77. The van der Waals surface area contributed by atoms with E-state index in [1.54, 1.807) is 28.4 Å². The molecule has 4 bridgehead atoms. The first kappa shape index (κ1) is 37.6. The zero-order valence-electron chi connectivity index (χ0n) is 27.4. The number of hydrogen-bond acceptors (Lipinski definition) is 14. The molecule has 248 valence electrons. The molecule has 3 aliphatic rings. The molecule has 0 aromatic rings. The molecule has 0 saturated carbocycles. The molecule has 3 aliphatic heterocycles. The summed E-state index contributed by atoms with van der Waals surface area (Å²) in [5.74, 6) is 0. The van der Waals surface area contributed by atoms with Crippen molar-refractivity contribution in [2.24, 2.45) is 0 Å². The summed E-state index contributed by atoms with van der Waals surface area (Å²) in [5.41, 5.74) is 0. The Morgan fingerprint density at radius 2 is 0.476 bits per heavy atom. The Morgan fingerprint density at radius 3 is 0.595 bits per heavy atom. The van der Waals surface area contributed by atoms with Gasteiger partial charge in [0.1, 0.15) is 0 Å². The average Bonchev–Trinajstić information content (AvgIpc) is 3.00. The molecule has 0 amide bonds. The van der Waals surface area contributed by atoms with Crippen LogP contribution in [0.5, 0.6) is 0 Å². The van der Waals surface area contributed by atoms with Crippen molar-refractivity contribution >= 4 is 70.4 Å². The molecule has 42 heavy (non-hydrogen) atoms. The monoisotopic (exact) mass is 740 g/mol. The van der Waals surface area contributed by atoms with E-state index in [-0.39, 0.29) is 0 Å². The average molecular weight is 741 g/mol. The summed E-state index contributed by atoms with van der Waals surface area (Å²) in [6, 6.07) is 3.25. The Bertz CT molecular complexity index is 763. The zero-order valence-corrected chi connectivity index (χ0v) is 35.4. The van der Waals surface area contributed by atoms with Crippen LogP contribution in [0.15, 0.2) is 0 Å². The molecule has 4 atom stereocenters. The van der Waals surface area contributed by atoms with Gasteiger partial charge in [-0.3, -0.25) is 0 Å². The first-order valence-electron chi connectivity index (χ1n) is 15.0. The maximum absolute atomic E-state index is 7.14. The normalized spacial score (nSPS) is 46.6. The highest BCUT2D eigenvalue weighted by Gasteiger charge is 2.75. The van der Waals surface area contributed by atoms with Crippen LogP contribution in [0.4, 0.5) is 0 Å². The maximum atomic E-state index is 7.14. The van der Waals surface area contributed by atoms with Gasteiger partial charge in [0.15, 0.2) is 0 Å². The van der Waals surface area contributed by atoms with E-state index in [4.69, 9.17) is 58.9 Å². The highest BCUT2D eigenvalue weighted by Crippen LogP contribution is 2.47. The van der Waals surface area contributed by atoms with Crippen LogP contribution < -0.4 is 0 Å². The van der Waals surface area contributed by atoms with Crippen LogP contribution in [0.2, 0.25) is 48.4 Å². The van der Waals surface area contributed by atoms with Crippen LogP contribution in [0.3, 0.4) is 0 Å². The van der Waals surface area contributed by atoms with Crippen molar-refractivity contribution in [3.05, 3.63) is 0 Å². The quantitative estimate of drug-likeness (QED) is 0.261. The second-order valence-electron chi connectivity index (χ2n) is 10.1. The summed E-state index contributed by atoms with van der Waals surface area (Å²) in [7, 11) is -22.6. The molecule has 0 spiro atoms. The van der Waals surface area contributed by atoms with Crippen molar-refractivity contribution in [1.29, 1.82) is 0 Å². The van der Waals surface area contributed by atoms with Crippen molar-refractivity contribution in [2.75, 3.05) is 28.4 Å². The van der Waals surface area contributed by atoms with Gasteiger partial charge < -0.3 is 58.9 Å². The van der Waals surface area contributed by atoms with E-state index in [2.05, 4.69) is 0 Å². The van der Waals surface area contributed by atoms with Gasteiger partial charge in [-0.15, -0.1) is 0 Å². The van der Waals surface area contributed by atoms with E-state index in [1.165, 1.54) is 0 Å². The van der Waals surface area contributed by atoms with E-state index < -0.39 is 70.4 Å². The zero-order chi connectivity index (χ0) is 31.6. The first-order chi connectivity index (χ1) is 19.8. The lowest BCUT2D eigenvalue weighted by atomic mass is 11.0. The molecule has 0 N–H and O–H groups in total. The second kappa shape index (κ2) is 14.1. The van der Waals surface area contributed by atoms with Gasteiger partial charge in [-0.05, 0) is 0 Å². The standard InChI is InChI=1S/C20H52O14Si8/c1-13-35(21-9)25-36(14-2,22-10)28-40(18-6)31-39(17-5,27-35)33-41(19-7)29-37(15-3,23-11)26-38(16-4,24-12)30-42(20-8,32-41)34-40/h13-20H2,1-12H3. The SMILES string of the molecule is CC[Si]1(OC)O[Si](CC)(OC)O[Si]2(CC)O[Si](CC)(O1)O[Si]1(CC)O[Si](CC)(OC)O[Si](CC)(OC)O[Si](CC)(O1)O2. The predicted molar refractivity (Wildman–Crippen MR) is 169 cm³/mol. The first-order valence-corrected chi connectivity index (χ1v) is 30.5. The van der Waals surface area contributed by atoms with Crippen LogP contribution in [-0.2, 0) is 58.9 Å². The summed E-state index contributed by atoms with van der Waals surface area (Å²) in [4.78, 5) is 0. The highest BCUT2D eigenvalue weighted by atomic mass is 28.6. The molecule has 3 rings (SSSR count). The molecule has 3 saturated heterocycles. The van der Waals surface area contributed by atoms with Crippen molar-refractivity contribution in [2.45, 2.75) is 104 Å². The highest BCUT2D eigenvalue weighted by molar-refractivity contribution is 6.98. The lowest BCUT2D eigenvalue weighted by molar-refractivity contribution is 0.00405. The Balaban J connectivity index is 2.38. The molecule has 4 unspecified atom stereocenters. The molecule has 0 aromatic carbocycles. The minimum Gasteiger partial charge on any atom is -0.378 e. The summed E-state index contributed by atoms with van der Waals surface area (Å²) < 4.78 is 94.3. The Morgan fingerprint density at radius 1 is 0.286 bits per heavy atom. The molecule has 0 radical (unpaired) electrons. The molecular weight excluding hydrogens is 689 g/mol. The van der Waals surface area contributed by atoms with Gasteiger partial charge in [-0.25, -0.2) is 0 Å². The lowest BCUT2D eigenvalue weighted by Crippen LogP contribution is -2.81. The molecule has 22 heteroatoms. The van der Waals surface area contributed by atoms with Crippen LogP contribution in [0.1, 0.15) is 55.4 Å². The van der Waals surface area contributed by atoms with Gasteiger partial charge in [-0.1, -0.05) is 55.4 Å². The summed E-state index contributed by atoms with van der Waals surface area (Å²) in [5, 5.41) is 0. The van der Waals surface area contributed by atoms with E-state index in [0.717, 1.165) is 0 Å². The molecule has 14 nitrogen and oxygen atoms in total. The largest absolute Gasteiger partial charge is 0.485 e. The summed E-state index contributed by atoms with van der Waals surface area (Å²) >= 11 is 0. The fraction of sp³-hybridized carbons (Fsp3) is 1.00. The van der Waals surface area contributed by atoms with Crippen LogP contribution in [0, 0.1) is 0 Å². The fourth-order valence-electron chi connectivity index (χ4n) is 5.06. The lowest BCUT2D eigenvalue weighted by Gasteiger charge is -2.56. The molecule has 0 aromatic heterocycles. The van der Waals surface area contributed by atoms with E-state index in [0.29, 0.717) is 48.4 Å². The van der Waals surface area contributed by atoms with Crippen LogP contribution in [0.25, 0.3) is 0 Å². The van der Waals surface area contributed by atoms with E-state index in [9.17, 15) is 0 Å². The Kier molecular flexibility index (Phi) is 12.6. The Hall–Kier alpha value is 1.18. The predicted octanol–water partition coefficient (Wildman–Crippen LogP) is 4.45. The van der Waals surface area contributed by atoms with Gasteiger partial charge in [0.25, 0.3) is 0 Å². The Labute approximate surface area is 260 Å².